The lowest BCUT2D eigenvalue weighted by Gasteiger charge is -2.04. The average molecular weight is 416 g/mol. The van der Waals surface area contributed by atoms with Crippen LogP contribution in [0, 0.1) is 7.14 Å². The second-order valence-corrected chi connectivity index (χ2v) is 5.29. The molecule has 0 aliphatic carbocycles. The molecule has 1 N–H and O–H groups in total. The number of rotatable bonds is 3. The van der Waals surface area contributed by atoms with Crippen LogP contribution in [-0.4, -0.2) is 10.9 Å². The number of aromatic hydroxyl groups is 1. The van der Waals surface area contributed by atoms with E-state index in [0.29, 0.717) is 12.0 Å². The van der Waals surface area contributed by atoms with E-state index in [9.17, 15) is 9.90 Å². The van der Waals surface area contributed by atoms with Gasteiger partial charge in [0.05, 0.1) is 7.14 Å². The lowest BCUT2D eigenvalue weighted by molar-refractivity contribution is 0.0981. The molecular weight excluding hydrogens is 406 g/mol. The highest BCUT2D eigenvalue weighted by molar-refractivity contribution is 14.1. The number of ketones is 1. The van der Waals surface area contributed by atoms with Crippen molar-refractivity contribution in [2.75, 3.05) is 0 Å². The Morgan fingerprint density at radius 1 is 1.36 bits per heavy atom. The zero-order valence-corrected chi connectivity index (χ0v) is 12.0. The van der Waals surface area contributed by atoms with Crippen LogP contribution in [0.2, 0.25) is 0 Å². The summed E-state index contributed by atoms with van der Waals surface area (Å²) >= 11 is 4.06. The van der Waals surface area contributed by atoms with Gasteiger partial charge in [0, 0.05) is 12.0 Å². The molecule has 4 heteroatoms. The van der Waals surface area contributed by atoms with Gasteiger partial charge in [0.2, 0.25) is 0 Å². The summed E-state index contributed by atoms with van der Waals surface area (Å²) in [5, 5.41) is 9.52. The summed E-state index contributed by atoms with van der Waals surface area (Å²) in [6, 6.07) is 3.46. The maximum Gasteiger partial charge on any atom is 0.162 e. The largest absolute Gasteiger partial charge is 0.506 e. The maximum absolute atomic E-state index is 11.6. The molecule has 1 aromatic carbocycles. The van der Waals surface area contributed by atoms with Crippen molar-refractivity contribution < 1.29 is 9.90 Å². The minimum absolute atomic E-state index is 0.142. The Bertz CT molecular complexity index is 338. The Hall–Kier alpha value is 0.150. The van der Waals surface area contributed by atoms with Crippen molar-refractivity contribution in [3.8, 4) is 5.75 Å². The number of halogens is 2. The van der Waals surface area contributed by atoms with Crippen LogP contribution in [0.3, 0.4) is 0 Å². The third kappa shape index (κ3) is 2.82. The number of Topliss-reactive ketones (excluding diaryl/α,β-unsaturated/α-hetero) is 1. The van der Waals surface area contributed by atoms with E-state index in [2.05, 4.69) is 0 Å². The van der Waals surface area contributed by atoms with Crippen LogP contribution < -0.4 is 0 Å². The molecule has 1 aromatic rings. The zero-order valence-electron chi connectivity index (χ0n) is 7.68. The third-order valence-electron chi connectivity index (χ3n) is 1.82. The van der Waals surface area contributed by atoms with Gasteiger partial charge in [0.1, 0.15) is 5.75 Å². The predicted molar refractivity (Wildman–Crippen MR) is 72.8 cm³/mol. The first-order valence-electron chi connectivity index (χ1n) is 4.27. The van der Waals surface area contributed by atoms with Crippen LogP contribution in [0.15, 0.2) is 12.1 Å². The molecule has 0 bridgehead atoms. The first-order valence-corrected chi connectivity index (χ1v) is 6.43. The first kappa shape index (κ1) is 12.2. The quantitative estimate of drug-likeness (QED) is 0.605. The highest BCUT2D eigenvalue weighted by Crippen LogP contribution is 2.27. The van der Waals surface area contributed by atoms with Gasteiger partial charge in [-0.25, -0.2) is 0 Å². The van der Waals surface area contributed by atoms with Crippen molar-refractivity contribution in [1.29, 1.82) is 0 Å². The zero-order chi connectivity index (χ0) is 10.7. The summed E-state index contributed by atoms with van der Waals surface area (Å²) < 4.78 is 1.46. The van der Waals surface area contributed by atoms with Crippen molar-refractivity contribution in [2.45, 2.75) is 19.8 Å². The summed E-state index contributed by atoms with van der Waals surface area (Å²) in [4.78, 5) is 11.6. The molecule has 0 aliphatic rings. The van der Waals surface area contributed by atoms with Crippen LogP contribution in [0.5, 0.6) is 5.75 Å². The van der Waals surface area contributed by atoms with Gasteiger partial charge in [-0.15, -0.1) is 0 Å². The molecule has 0 amide bonds. The van der Waals surface area contributed by atoms with Crippen molar-refractivity contribution >= 4 is 51.0 Å². The number of carbonyl (C=O) groups excluding carboxylic acids is 1. The Morgan fingerprint density at radius 2 is 1.86 bits per heavy atom. The highest BCUT2D eigenvalue weighted by Gasteiger charge is 2.10. The molecule has 0 heterocycles. The van der Waals surface area contributed by atoms with Crippen LogP contribution >= 0.6 is 45.2 Å². The van der Waals surface area contributed by atoms with E-state index in [0.717, 1.165) is 13.6 Å². The molecule has 0 radical (unpaired) electrons. The average Bonchev–Trinajstić information content (AvgIpc) is 2.13. The summed E-state index contributed by atoms with van der Waals surface area (Å²) in [7, 11) is 0. The van der Waals surface area contributed by atoms with Crippen LogP contribution in [0.1, 0.15) is 30.1 Å². The van der Waals surface area contributed by atoms with Gasteiger partial charge in [-0.3, -0.25) is 4.79 Å². The predicted octanol–water partition coefficient (Wildman–Crippen LogP) is 3.58. The standard InChI is InChI=1S/C10H10I2O2/c1-2-3-9(13)6-4-7(11)10(14)8(12)5-6/h4-5,14H,2-3H2,1H3. The number of hydrogen-bond acceptors (Lipinski definition) is 2. The maximum atomic E-state index is 11.6. The Balaban J connectivity index is 3.06. The number of hydrogen-bond donors (Lipinski definition) is 1. The van der Waals surface area contributed by atoms with E-state index in [1.165, 1.54) is 0 Å². The van der Waals surface area contributed by atoms with Gasteiger partial charge in [-0.05, 0) is 63.7 Å². The fraction of sp³-hybridized carbons (Fsp3) is 0.300. The number of benzene rings is 1. The molecule has 2 nitrogen and oxygen atoms in total. The number of phenols is 1. The number of phenolic OH excluding ortho intramolecular Hbond substituents is 1. The van der Waals surface area contributed by atoms with Crippen molar-refractivity contribution in [3.63, 3.8) is 0 Å². The molecule has 1 rings (SSSR count). The Labute approximate surface area is 110 Å². The van der Waals surface area contributed by atoms with Crippen molar-refractivity contribution in [2.24, 2.45) is 0 Å². The van der Waals surface area contributed by atoms with Gasteiger partial charge in [-0.1, -0.05) is 6.92 Å². The smallest absolute Gasteiger partial charge is 0.162 e. The molecule has 0 saturated carbocycles. The number of carbonyl (C=O) groups is 1. The minimum atomic E-state index is 0.142. The van der Waals surface area contributed by atoms with Crippen LogP contribution in [-0.2, 0) is 0 Å². The monoisotopic (exact) mass is 416 g/mol. The molecule has 0 saturated heterocycles. The molecule has 0 atom stereocenters. The third-order valence-corrected chi connectivity index (χ3v) is 3.46. The summed E-state index contributed by atoms with van der Waals surface area (Å²) in [6.45, 7) is 1.98. The molecule has 76 valence electrons. The Morgan fingerprint density at radius 3 is 2.29 bits per heavy atom. The second kappa shape index (κ2) is 5.29. The van der Waals surface area contributed by atoms with E-state index in [4.69, 9.17) is 0 Å². The molecular formula is C10H10I2O2. The second-order valence-electron chi connectivity index (χ2n) is 2.96. The fourth-order valence-corrected chi connectivity index (χ4v) is 2.87. The molecule has 0 spiro atoms. The van der Waals surface area contributed by atoms with Gasteiger partial charge < -0.3 is 5.11 Å². The van der Waals surface area contributed by atoms with E-state index in [-0.39, 0.29) is 11.5 Å². The Kier molecular flexibility index (Phi) is 4.62. The SMILES string of the molecule is CCCC(=O)c1cc(I)c(O)c(I)c1. The van der Waals surface area contributed by atoms with E-state index >= 15 is 0 Å². The minimum Gasteiger partial charge on any atom is -0.506 e. The lowest BCUT2D eigenvalue weighted by atomic mass is 10.1. The molecule has 0 unspecified atom stereocenters. The van der Waals surface area contributed by atoms with Gasteiger partial charge >= 0.3 is 0 Å². The van der Waals surface area contributed by atoms with Gasteiger partial charge in [-0.2, -0.15) is 0 Å². The molecule has 0 aliphatic heterocycles. The highest BCUT2D eigenvalue weighted by atomic mass is 127. The molecule has 0 fully saturated rings. The fourth-order valence-electron chi connectivity index (χ4n) is 1.10. The normalized spacial score (nSPS) is 10.2. The summed E-state index contributed by atoms with van der Waals surface area (Å²) in [5.41, 5.74) is 0.693. The van der Waals surface area contributed by atoms with E-state index < -0.39 is 0 Å². The van der Waals surface area contributed by atoms with Gasteiger partial charge in [0.15, 0.2) is 5.78 Å². The van der Waals surface area contributed by atoms with E-state index in [1.807, 2.05) is 52.1 Å². The summed E-state index contributed by atoms with van der Waals surface area (Å²) in [6.07, 6.45) is 1.42. The molecule has 14 heavy (non-hydrogen) atoms. The van der Waals surface area contributed by atoms with Crippen molar-refractivity contribution in [1.82, 2.24) is 0 Å². The lowest BCUT2D eigenvalue weighted by Crippen LogP contribution is -1.99. The topological polar surface area (TPSA) is 37.3 Å². The van der Waals surface area contributed by atoms with Crippen LogP contribution in [0.25, 0.3) is 0 Å². The summed E-state index contributed by atoms with van der Waals surface area (Å²) in [5.74, 6) is 0.405. The van der Waals surface area contributed by atoms with E-state index in [1.54, 1.807) is 12.1 Å². The van der Waals surface area contributed by atoms with Crippen LogP contribution in [0.4, 0.5) is 0 Å². The van der Waals surface area contributed by atoms with Gasteiger partial charge in [0.25, 0.3) is 0 Å². The molecule has 0 aromatic heterocycles. The van der Waals surface area contributed by atoms with Crippen molar-refractivity contribution in [3.05, 3.63) is 24.8 Å². The first-order chi connectivity index (χ1) is 6.56.